The van der Waals surface area contributed by atoms with E-state index in [1.165, 1.54) is 51.3 Å². The number of methoxy groups -OCH3 is 2. The van der Waals surface area contributed by atoms with Gasteiger partial charge >= 0.3 is 0 Å². The van der Waals surface area contributed by atoms with Crippen LogP contribution < -0.4 is 20.1 Å². The smallest absolute Gasteiger partial charge is 0.200 e. The molecule has 1 aliphatic rings. The molecule has 0 radical (unpaired) electrons. The van der Waals surface area contributed by atoms with Gasteiger partial charge in [0, 0.05) is 19.6 Å². The number of aliphatic imine (C=N–C) groups is 1. The van der Waals surface area contributed by atoms with E-state index in [1.54, 1.807) is 12.1 Å². The molecule has 0 saturated carbocycles. The Morgan fingerprint density at radius 1 is 0.969 bits per heavy atom. The molecular weight excluding hydrogens is 519 g/mol. The summed E-state index contributed by atoms with van der Waals surface area (Å²) >= 11 is 0. The number of ether oxygens (including phenoxy) is 2. The largest absolute Gasteiger partial charge is 0.502 e. The van der Waals surface area contributed by atoms with Crippen LogP contribution in [-0.2, 0) is 19.6 Å². The van der Waals surface area contributed by atoms with Gasteiger partial charge in [0.15, 0.2) is 17.5 Å². The van der Waals surface area contributed by atoms with Crippen molar-refractivity contribution in [2.45, 2.75) is 39.4 Å². The van der Waals surface area contributed by atoms with Gasteiger partial charge in [-0.3, -0.25) is 4.90 Å². The number of nitrogens with zero attached hydrogens (tertiary/aromatic N) is 2. The molecule has 1 heterocycles. The van der Waals surface area contributed by atoms with Crippen LogP contribution in [0.15, 0.2) is 41.4 Å². The van der Waals surface area contributed by atoms with Gasteiger partial charge in [0.2, 0.25) is 5.75 Å². The fraction of sp³-hybridized carbons (Fsp3) is 0.458. The van der Waals surface area contributed by atoms with E-state index < -0.39 is 0 Å². The lowest BCUT2D eigenvalue weighted by Gasteiger charge is -2.15. The van der Waals surface area contributed by atoms with Gasteiger partial charge in [0.05, 0.1) is 20.8 Å². The summed E-state index contributed by atoms with van der Waals surface area (Å²) in [5, 5.41) is 16.7. The van der Waals surface area contributed by atoms with Crippen LogP contribution in [0, 0.1) is 0 Å². The predicted octanol–water partition coefficient (Wildman–Crippen LogP) is 3.88. The zero-order valence-electron chi connectivity index (χ0n) is 19.2. The van der Waals surface area contributed by atoms with E-state index in [4.69, 9.17) is 9.47 Å². The fourth-order valence-corrected chi connectivity index (χ4v) is 3.70. The van der Waals surface area contributed by atoms with Crippen molar-refractivity contribution >= 4 is 29.9 Å². The van der Waals surface area contributed by atoms with Gasteiger partial charge in [-0.1, -0.05) is 24.3 Å². The van der Waals surface area contributed by atoms with Gasteiger partial charge in [0.25, 0.3) is 0 Å². The number of phenolic OH excluding ortho intramolecular Hbond substituents is 1. The van der Waals surface area contributed by atoms with Gasteiger partial charge in [-0.2, -0.15) is 0 Å². The molecular formula is C24H35IN4O3. The molecule has 1 aliphatic heterocycles. The number of rotatable bonds is 9. The number of guanidine groups is 1. The van der Waals surface area contributed by atoms with Crippen LogP contribution in [0.5, 0.6) is 17.2 Å². The maximum absolute atomic E-state index is 10.1. The van der Waals surface area contributed by atoms with Crippen LogP contribution in [0.4, 0.5) is 0 Å². The minimum absolute atomic E-state index is 0. The molecule has 176 valence electrons. The monoisotopic (exact) mass is 554 g/mol. The summed E-state index contributed by atoms with van der Waals surface area (Å²) in [6.07, 6.45) is 2.64. The second kappa shape index (κ2) is 13.4. The topological polar surface area (TPSA) is 78.4 Å². The molecule has 0 amide bonds. The SMILES string of the molecule is CCNC(=NCc1cc(OC)c(O)c(OC)c1)NCc1ccc(CN2CCCC2)cc1.I. The summed E-state index contributed by atoms with van der Waals surface area (Å²) < 4.78 is 10.5. The van der Waals surface area contributed by atoms with Crippen LogP contribution in [0.25, 0.3) is 0 Å². The highest BCUT2D eigenvalue weighted by Gasteiger charge is 2.12. The zero-order chi connectivity index (χ0) is 22.1. The lowest BCUT2D eigenvalue weighted by atomic mass is 10.1. The Bertz CT molecular complexity index is 843. The Kier molecular flexibility index (Phi) is 10.9. The molecule has 3 N–H and O–H groups in total. The molecule has 1 fully saturated rings. The minimum atomic E-state index is -0.00376. The first-order valence-corrected chi connectivity index (χ1v) is 10.9. The first-order chi connectivity index (χ1) is 15.1. The maximum atomic E-state index is 10.1. The van der Waals surface area contributed by atoms with Crippen molar-refractivity contribution in [1.82, 2.24) is 15.5 Å². The fourth-order valence-electron chi connectivity index (χ4n) is 3.70. The predicted molar refractivity (Wildman–Crippen MR) is 139 cm³/mol. The maximum Gasteiger partial charge on any atom is 0.200 e. The Morgan fingerprint density at radius 3 is 2.12 bits per heavy atom. The number of benzene rings is 2. The van der Waals surface area contributed by atoms with E-state index in [-0.39, 0.29) is 29.7 Å². The molecule has 0 bridgehead atoms. The Hall–Kier alpha value is -2.20. The van der Waals surface area contributed by atoms with Crippen LogP contribution in [0.2, 0.25) is 0 Å². The van der Waals surface area contributed by atoms with Crippen molar-refractivity contribution in [2.75, 3.05) is 33.9 Å². The lowest BCUT2D eigenvalue weighted by Crippen LogP contribution is -2.36. The molecule has 0 aliphatic carbocycles. The molecule has 32 heavy (non-hydrogen) atoms. The normalized spacial score (nSPS) is 14.0. The Balaban J connectivity index is 0.00000363. The van der Waals surface area contributed by atoms with Crippen LogP contribution >= 0.6 is 24.0 Å². The number of hydrogen-bond donors (Lipinski definition) is 3. The van der Waals surface area contributed by atoms with Crippen molar-refractivity contribution in [3.05, 3.63) is 53.1 Å². The van der Waals surface area contributed by atoms with E-state index in [0.29, 0.717) is 24.6 Å². The number of nitrogens with one attached hydrogen (secondary N) is 2. The molecule has 0 aromatic heterocycles. The Labute approximate surface area is 208 Å². The number of likely N-dealkylation sites (tertiary alicyclic amines) is 1. The zero-order valence-corrected chi connectivity index (χ0v) is 21.5. The summed E-state index contributed by atoms with van der Waals surface area (Å²) in [7, 11) is 3.03. The van der Waals surface area contributed by atoms with Crippen molar-refractivity contribution in [3.8, 4) is 17.2 Å². The second-order valence-electron chi connectivity index (χ2n) is 7.70. The molecule has 0 unspecified atom stereocenters. The highest BCUT2D eigenvalue weighted by molar-refractivity contribution is 14.0. The van der Waals surface area contributed by atoms with Crippen molar-refractivity contribution in [3.63, 3.8) is 0 Å². The number of halogens is 1. The summed E-state index contributed by atoms with van der Waals surface area (Å²) in [5.41, 5.74) is 3.46. The Morgan fingerprint density at radius 2 is 1.56 bits per heavy atom. The number of phenols is 1. The van der Waals surface area contributed by atoms with Gasteiger partial charge in [-0.05, 0) is 61.7 Å². The average molecular weight is 554 g/mol. The van der Waals surface area contributed by atoms with Crippen LogP contribution in [0.3, 0.4) is 0 Å². The minimum Gasteiger partial charge on any atom is -0.502 e. The number of aromatic hydroxyl groups is 1. The van der Waals surface area contributed by atoms with Crippen molar-refractivity contribution in [1.29, 1.82) is 0 Å². The molecule has 2 aromatic rings. The number of hydrogen-bond acceptors (Lipinski definition) is 5. The van der Waals surface area contributed by atoms with Crippen molar-refractivity contribution < 1.29 is 14.6 Å². The highest BCUT2D eigenvalue weighted by atomic mass is 127. The summed E-state index contributed by atoms with van der Waals surface area (Å²) in [5.74, 6) is 1.47. The first-order valence-electron chi connectivity index (χ1n) is 10.9. The molecule has 2 aromatic carbocycles. The van der Waals surface area contributed by atoms with E-state index in [1.807, 2.05) is 6.92 Å². The van der Waals surface area contributed by atoms with Gasteiger partial charge < -0.3 is 25.2 Å². The average Bonchev–Trinajstić information content (AvgIpc) is 3.30. The third-order valence-corrected chi connectivity index (χ3v) is 5.39. The second-order valence-corrected chi connectivity index (χ2v) is 7.70. The third-order valence-electron chi connectivity index (χ3n) is 5.39. The summed E-state index contributed by atoms with van der Waals surface area (Å²) in [6, 6.07) is 12.3. The molecule has 3 rings (SSSR count). The lowest BCUT2D eigenvalue weighted by molar-refractivity contribution is 0.331. The third kappa shape index (κ3) is 7.44. The van der Waals surface area contributed by atoms with E-state index in [0.717, 1.165) is 24.6 Å². The highest BCUT2D eigenvalue weighted by Crippen LogP contribution is 2.37. The molecule has 8 heteroatoms. The quantitative estimate of drug-likeness (QED) is 0.248. The van der Waals surface area contributed by atoms with Gasteiger partial charge in [-0.15, -0.1) is 24.0 Å². The van der Waals surface area contributed by atoms with E-state index >= 15 is 0 Å². The van der Waals surface area contributed by atoms with E-state index in [2.05, 4.69) is 44.8 Å². The van der Waals surface area contributed by atoms with Gasteiger partial charge in [0.1, 0.15) is 0 Å². The van der Waals surface area contributed by atoms with Crippen LogP contribution in [0.1, 0.15) is 36.5 Å². The summed E-state index contributed by atoms with van der Waals surface area (Å²) in [6.45, 7) is 7.39. The first kappa shape index (κ1) is 26.1. The molecule has 7 nitrogen and oxygen atoms in total. The molecule has 0 atom stereocenters. The standard InChI is InChI=1S/C24H34N4O3.HI/c1-4-25-24(27-16-20-13-21(30-2)23(29)22(14-20)31-3)26-15-18-7-9-19(10-8-18)17-28-11-5-6-12-28;/h7-10,13-14,29H,4-6,11-12,15-17H2,1-3H3,(H2,25,26,27);1H. The van der Waals surface area contributed by atoms with Crippen molar-refractivity contribution in [2.24, 2.45) is 4.99 Å². The molecule has 0 spiro atoms. The molecule has 1 saturated heterocycles. The van der Waals surface area contributed by atoms with Crippen LogP contribution in [-0.4, -0.2) is 49.8 Å². The van der Waals surface area contributed by atoms with E-state index in [9.17, 15) is 5.11 Å². The van der Waals surface area contributed by atoms with Gasteiger partial charge in [-0.25, -0.2) is 4.99 Å². The summed E-state index contributed by atoms with van der Waals surface area (Å²) in [4.78, 5) is 7.17.